The Morgan fingerprint density at radius 2 is 2.27 bits per heavy atom. The molecule has 1 N–H and O–H groups in total. The van der Waals surface area contributed by atoms with Crippen molar-refractivity contribution in [3.63, 3.8) is 0 Å². The minimum Gasteiger partial charge on any atom is -0.392 e. The summed E-state index contributed by atoms with van der Waals surface area (Å²) in [6.07, 6.45) is 4.46. The molecule has 1 aliphatic rings. The number of carbonyl (C=O) groups excluding carboxylic acids is 1. The number of carbonyl (C=O) groups is 1. The van der Waals surface area contributed by atoms with E-state index in [-0.39, 0.29) is 12.0 Å². The number of hydrogen-bond acceptors (Lipinski definition) is 2. The lowest BCUT2D eigenvalue weighted by atomic mass is 9.79. The molecule has 11 heavy (non-hydrogen) atoms. The van der Waals surface area contributed by atoms with E-state index in [0.29, 0.717) is 5.92 Å². The molecule has 1 fully saturated rings. The second-order valence-corrected chi connectivity index (χ2v) is 3.45. The van der Waals surface area contributed by atoms with Crippen molar-refractivity contribution in [2.75, 3.05) is 0 Å². The van der Waals surface area contributed by atoms with E-state index in [1.165, 1.54) is 0 Å². The molecule has 0 heterocycles. The quantitative estimate of drug-likeness (QED) is 0.613. The van der Waals surface area contributed by atoms with E-state index in [1.807, 2.05) is 0 Å². The third kappa shape index (κ3) is 2.03. The Bertz CT molecular complexity index is 134. The van der Waals surface area contributed by atoms with Gasteiger partial charge in [0.05, 0.1) is 6.10 Å². The number of rotatable bonds is 2. The fraction of sp³-hybridized carbons (Fsp3) is 0.889. The zero-order valence-corrected chi connectivity index (χ0v) is 6.99. The summed E-state index contributed by atoms with van der Waals surface area (Å²) in [5.74, 6) is 0.572. The smallest absolute Gasteiger partial charge is 0.125 e. The monoisotopic (exact) mass is 156 g/mol. The van der Waals surface area contributed by atoms with Gasteiger partial charge in [0.2, 0.25) is 0 Å². The molecule has 0 radical (unpaired) electrons. The molecule has 1 aliphatic carbocycles. The number of hydrogen-bond donors (Lipinski definition) is 1. The molecule has 0 aromatic rings. The Hall–Kier alpha value is -0.370. The Balaban J connectivity index is 2.43. The lowest BCUT2D eigenvalue weighted by Gasteiger charge is -2.29. The Morgan fingerprint density at radius 1 is 1.55 bits per heavy atom. The van der Waals surface area contributed by atoms with Crippen molar-refractivity contribution in [2.45, 2.75) is 38.7 Å². The van der Waals surface area contributed by atoms with E-state index in [1.54, 1.807) is 0 Å². The van der Waals surface area contributed by atoms with Crippen molar-refractivity contribution in [1.82, 2.24) is 0 Å². The molecule has 0 aromatic carbocycles. The highest BCUT2D eigenvalue weighted by Gasteiger charge is 2.27. The van der Waals surface area contributed by atoms with Crippen LogP contribution in [-0.2, 0) is 4.79 Å². The number of aliphatic hydroxyl groups excluding tert-OH is 1. The van der Waals surface area contributed by atoms with Gasteiger partial charge in [-0.05, 0) is 25.2 Å². The molecule has 0 aromatic heterocycles. The predicted molar refractivity (Wildman–Crippen MR) is 43.2 cm³/mol. The third-order valence-corrected chi connectivity index (χ3v) is 2.72. The average molecular weight is 156 g/mol. The highest BCUT2D eigenvalue weighted by atomic mass is 16.3. The minimum atomic E-state index is -0.365. The van der Waals surface area contributed by atoms with Gasteiger partial charge in [-0.2, -0.15) is 0 Å². The summed E-state index contributed by atoms with van der Waals surface area (Å²) in [6, 6.07) is 0. The van der Waals surface area contributed by atoms with Crippen LogP contribution in [0.4, 0.5) is 0 Å². The zero-order chi connectivity index (χ0) is 8.27. The molecule has 0 amide bonds. The molecule has 2 nitrogen and oxygen atoms in total. The van der Waals surface area contributed by atoms with Crippen LogP contribution in [0.5, 0.6) is 0 Å². The van der Waals surface area contributed by atoms with Gasteiger partial charge < -0.3 is 9.90 Å². The number of aliphatic hydroxyl groups is 1. The summed E-state index contributed by atoms with van der Waals surface area (Å²) in [6.45, 7) is 2.14. The Morgan fingerprint density at radius 3 is 2.82 bits per heavy atom. The van der Waals surface area contributed by atoms with Crippen molar-refractivity contribution in [2.24, 2.45) is 11.8 Å². The maximum absolute atomic E-state index is 10.5. The topological polar surface area (TPSA) is 37.3 Å². The van der Waals surface area contributed by atoms with Gasteiger partial charge in [-0.25, -0.2) is 0 Å². The van der Waals surface area contributed by atoms with Crippen molar-refractivity contribution in [1.29, 1.82) is 0 Å². The lowest BCUT2D eigenvalue weighted by Crippen LogP contribution is -2.29. The highest BCUT2D eigenvalue weighted by Crippen LogP contribution is 2.29. The largest absolute Gasteiger partial charge is 0.392 e. The van der Waals surface area contributed by atoms with Gasteiger partial charge >= 0.3 is 0 Å². The minimum absolute atomic E-state index is 0.0892. The SMILES string of the molecule is CCC1CCC(O)C(C=O)C1. The van der Waals surface area contributed by atoms with Crippen LogP contribution in [0, 0.1) is 11.8 Å². The maximum Gasteiger partial charge on any atom is 0.125 e. The first-order valence-corrected chi connectivity index (χ1v) is 4.41. The van der Waals surface area contributed by atoms with Gasteiger partial charge in [0.1, 0.15) is 6.29 Å². The standard InChI is InChI=1S/C9H16O2/c1-2-7-3-4-9(11)8(5-7)6-10/h6-9,11H,2-5H2,1H3. The molecule has 2 heteroatoms. The first kappa shape index (κ1) is 8.72. The van der Waals surface area contributed by atoms with E-state index in [4.69, 9.17) is 0 Å². The van der Waals surface area contributed by atoms with Crippen molar-refractivity contribution in [3.8, 4) is 0 Å². The average Bonchev–Trinajstić information content (AvgIpc) is 2.05. The van der Waals surface area contributed by atoms with Crippen molar-refractivity contribution in [3.05, 3.63) is 0 Å². The first-order valence-electron chi connectivity index (χ1n) is 4.41. The van der Waals surface area contributed by atoms with Crippen LogP contribution in [0.25, 0.3) is 0 Å². The normalized spacial score (nSPS) is 38.5. The summed E-state index contributed by atoms with van der Waals surface area (Å²) >= 11 is 0. The summed E-state index contributed by atoms with van der Waals surface area (Å²) in [7, 11) is 0. The van der Waals surface area contributed by atoms with Gasteiger partial charge in [-0.3, -0.25) is 0 Å². The highest BCUT2D eigenvalue weighted by molar-refractivity contribution is 5.54. The second-order valence-electron chi connectivity index (χ2n) is 3.45. The van der Waals surface area contributed by atoms with Crippen molar-refractivity contribution >= 4 is 6.29 Å². The van der Waals surface area contributed by atoms with Gasteiger partial charge in [-0.15, -0.1) is 0 Å². The van der Waals surface area contributed by atoms with Crippen LogP contribution >= 0.6 is 0 Å². The molecule has 0 aliphatic heterocycles. The van der Waals surface area contributed by atoms with E-state index >= 15 is 0 Å². The van der Waals surface area contributed by atoms with Crippen molar-refractivity contribution < 1.29 is 9.90 Å². The summed E-state index contributed by atoms with van der Waals surface area (Å²) in [5, 5.41) is 9.35. The molecule has 0 spiro atoms. The van der Waals surface area contributed by atoms with Crippen LogP contribution in [0.1, 0.15) is 32.6 Å². The maximum atomic E-state index is 10.5. The Labute approximate surface area is 67.6 Å². The fourth-order valence-electron chi connectivity index (χ4n) is 1.80. The third-order valence-electron chi connectivity index (χ3n) is 2.72. The molecule has 0 bridgehead atoms. The summed E-state index contributed by atoms with van der Waals surface area (Å²) in [5.41, 5.74) is 0. The van der Waals surface area contributed by atoms with Gasteiger partial charge in [-0.1, -0.05) is 13.3 Å². The van der Waals surface area contributed by atoms with Crippen LogP contribution in [0.3, 0.4) is 0 Å². The van der Waals surface area contributed by atoms with E-state index < -0.39 is 0 Å². The van der Waals surface area contributed by atoms with Gasteiger partial charge in [0, 0.05) is 5.92 Å². The molecule has 64 valence electrons. The van der Waals surface area contributed by atoms with Crippen LogP contribution in [0.15, 0.2) is 0 Å². The number of aldehydes is 1. The van der Waals surface area contributed by atoms with Crippen LogP contribution < -0.4 is 0 Å². The summed E-state index contributed by atoms with van der Waals surface area (Å²) < 4.78 is 0. The lowest BCUT2D eigenvalue weighted by molar-refractivity contribution is -0.116. The molecule has 1 rings (SSSR count). The van der Waals surface area contributed by atoms with Gasteiger partial charge in [0.15, 0.2) is 0 Å². The molecular formula is C9H16O2. The van der Waals surface area contributed by atoms with E-state index in [9.17, 15) is 9.90 Å². The van der Waals surface area contributed by atoms with Gasteiger partial charge in [0.25, 0.3) is 0 Å². The van der Waals surface area contributed by atoms with Crippen LogP contribution in [-0.4, -0.2) is 17.5 Å². The molecular weight excluding hydrogens is 140 g/mol. The van der Waals surface area contributed by atoms with E-state index in [0.717, 1.165) is 32.0 Å². The van der Waals surface area contributed by atoms with Crippen LogP contribution in [0.2, 0.25) is 0 Å². The summed E-state index contributed by atoms with van der Waals surface area (Å²) in [4.78, 5) is 10.5. The molecule has 3 atom stereocenters. The Kier molecular flexibility index (Phi) is 3.06. The first-order chi connectivity index (χ1) is 5.27. The molecule has 0 saturated heterocycles. The second kappa shape index (κ2) is 3.86. The molecule has 3 unspecified atom stereocenters. The fourth-order valence-corrected chi connectivity index (χ4v) is 1.80. The molecule has 1 saturated carbocycles. The van der Waals surface area contributed by atoms with E-state index in [2.05, 4.69) is 6.92 Å². The predicted octanol–water partition coefficient (Wildman–Crippen LogP) is 1.37. The zero-order valence-electron chi connectivity index (χ0n) is 6.99.